The topological polar surface area (TPSA) is 63.6 Å². The molecule has 0 fully saturated rings. The summed E-state index contributed by atoms with van der Waals surface area (Å²) in [5.41, 5.74) is 0.194. The van der Waals surface area contributed by atoms with Crippen LogP contribution in [0.1, 0.15) is 38.7 Å². The summed E-state index contributed by atoms with van der Waals surface area (Å²) in [4.78, 5) is 23.4. The highest BCUT2D eigenvalue weighted by Crippen LogP contribution is 2.29. The Morgan fingerprint density at radius 3 is 2.29 bits per heavy atom. The van der Waals surface area contributed by atoms with Gasteiger partial charge in [-0.3, -0.25) is 9.59 Å². The number of carboxylic acid groups (broad SMARTS) is 1. The average Bonchev–Trinajstić information content (AvgIpc) is 2.37. The molecule has 0 spiro atoms. The summed E-state index contributed by atoms with van der Waals surface area (Å²) in [5, 5.41) is 9.43. The number of esters is 1. The van der Waals surface area contributed by atoms with Gasteiger partial charge >= 0.3 is 11.9 Å². The van der Waals surface area contributed by atoms with Gasteiger partial charge in [-0.2, -0.15) is 0 Å². The van der Waals surface area contributed by atoms with Gasteiger partial charge in [0.05, 0.1) is 12.3 Å². The Balaban J connectivity index is 2.93. The van der Waals surface area contributed by atoms with E-state index in [4.69, 9.17) is 4.74 Å². The Bertz CT molecular complexity index is 499. The summed E-state index contributed by atoms with van der Waals surface area (Å²) in [6, 6.07) is 9.18. The van der Waals surface area contributed by atoms with E-state index in [1.165, 1.54) is 0 Å². The molecule has 0 aliphatic rings. The fourth-order valence-electron chi connectivity index (χ4n) is 2.14. The van der Waals surface area contributed by atoms with Crippen molar-refractivity contribution in [3.63, 3.8) is 0 Å². The van der Waals surface area contributed by atoms with E-state index in [9.17, 15) is 14.7 Å². The molecule has 21 heavy (non-hydrogen) atoms. The van der Waals surface area contributed by atoms with E-state index in [1.54, 1.807) is 26.8 Å². The predicted octanol–water partition coefficient (Wildman–Crippen LogP) is 3.39. The Hall–Kier alpha value is -2.10. The lowest BCUT2D eigenvalue weighted by atomic mass is 9.84. The highest BCUT2D eigenvalue weighted by Gasteiger charge is 2.31. The van der Waals surface area contributed by atoms with Gasteiger partial charge in [0.1, 0.15) is 5.60 Å². The Kier molecular flexibility index (Phi) is 5.70. The molecule has 0 heterocycles. The van der Waals surface area contributed by atoms with Crippen LogP contribution < -0.4 is 0 Å². The lowest BCUT2D eigenvalue weighted by molar-refractivity contribution is -0.160. The molecule has 1 aromatic rings. The van der Waals surface area contributed by atoms with Gasteiger partial charge in [-0.05, 0) is 26.3 Å². The number of allylic oxidation sites excluding steroid dienone is 1. The molecular weight excluding hydrogens is 268 g/mol. The maximum absolute atomic E-state index is 11.9. The molecule has 0 unspecified atom stereocenters. The second kappa shape index (κ2) is 7.07. The van der Waals surface area contributed by atoms with Crippen LogP contribution in [0.4, 0.5) is 0 Å². The monoisotopic (exact) mass is 290 g/mol. The fraction of sp³-hybridized carbons (Fsp3) is 0.412. The minimum absolute atomic E-state index is 0.182. The van der Waals surface area contributed by atoms with E-state index in [0.717, 1.165) is 5.56 Å². The number of carboxylic acids is 1. The molecule has 1 rings (SSSR count). The first-order chi connectivity index (χ1) is 9.74. The molecule has 4 nitrogen and oxygen atoms in total. The molecule has 0 aliphatic carbocycles. The molecule has 0 saturated heterocycles. The normalized spacial score (nSPS) is 14.0. The lowest BCUT2D eigenvalue weighted by Crippen LogP contribution is -2.29. The zero-order valence-corrected chi connectivity index (χ0v) is 12.7. The standard InChI is InChI=1S/C17H22O4/c1-5-13(12-9-7-6-8-10-12)14(16(19)20)11-15(18)21-17(2,3)4/h5-10,13-14H,1,11H2,2-4H3,(H,19,20)/t13-,14+/m0/s1. The van der Waals surface area contributed by atoms with Gasteiger partial charge in [0, 0.05) is 5.92 Å². The number of aliphatic carboxylic acids is 1. The van der Waals surface area contributed by atoms with Crippen molar-refractivity contribution in [1.82, 2.24) is 0 Å². The molecule has 0 amide bonds. The van der Waals surface area contributed by atoms with E-state index in [0.29, 0.717) is 0 Å². The van der Waals surface area contributed by atoms with Crippen LogP contribution in [0.2, 0.25) is 0 Å². The minimum atomic E-state index is -1.03. The van der Waals surface area contributed by atoms with E-state index in [-0.39, 0.29) is 6.42 Å². The van der Waals surface area contributed by atoms with Crippen LogP contribution in [0, 0.1) is 5.92 Å². The first kappa shape index (κ1) is 17.0. The van der Waals surface area contributed by atoms with Crippen molar-refractivity contribution in [2.24, 2.45) is 5.92 Å². The number of carbonyl (C=O) groups excluding carboxylic acids is 1. The molecular formula is C17H22O4. The van der Waals surface area contributed by atoms with Crippen molar-refractivity contribution in [2.45, 2.75) is 38.7 Å². The first-order valence-electron chi connectivity index (χ1n) is 6.86. The van der Waals surface area contributed by atoms with Gasteiger partial charge in [-0.15, -0.1) is 6.58 Å². The number of rotatable bonds is 6. The van der Waals surface area contributed by atoms with Crippen molar-refractivity contribution in [3.05, 3.63) is 48.6 Å². The van der Waals surface area contributed by atoms with Gasteiger partial charge < -0.3 is 9.84 Å². The largest absolute Gasteiger partial charge is 0.481 e. The third-order valence-electron chi connectivity index (χ3n) is 3.00. The number of hydrogen-bond acceptors (Lipinski definition) is 3. The molecule has 2 atom stereocenters. The molecule has 114 valence electrons. The van der Waals surface area contributed by atoms with E-state index in [1.807, 2.05) is 30.3 Å². The van der Waals surface area contributed by atoms with E-state index >= 15 is 0 Å². The third-order valence-corrected chi connectivity index (χ3v) is 3.00. The lowest BCUT2D eigenvalue weighted by Gasteiger charge is -2.24. The molecule has 0 saturated carbocycles. The zero-order chi connectivity index (χ0) is 16.0. The van der Waals surface area contributed by atoms with Gasteiger partial charge in [0.2, 0.25) is 0 Å². The summed E-state index contributed by atoms with van der Waals surface area (Å²) >= 11 is 0. The summed E-state index contributed by atoms with van der Waals surface area (Å²) in [7, 11) is 0. The average molecular weight is 290 g/mol. The van der Waals surface area contributed by atoms with Crippen molar-refractivity contribution in [1.29, 1.82) is 0 Å². The number of carbonyl (C=O) groups is 2. The van der Waals surface area contributed by atoms with Crippen LogP contribution >= 0.6 is 0 Å². The van der Waals surface area contributed by atoms with Gasteiger partial charge in [-0.1, -0.05) is 36.4 Å². The van der Waals surface area contributed by atoms with E-state index in [2.05, 4.69) is 6.58 Å². The number of ether oxygens (including phenoxy) is 1. The summed E-state index contributed by atoms with van der Waals surface area (Å²) in [6.07, 6.45) is 1.39. The van der Waals surface area contributed by atoms with Crippen molar-refractivity contribution in [2.75, 3.05) is 0 Å². The smallest absolute Gasteiger partial charge is 0.308 e. The summed E-state index contributed by atoms with van der Waals surface area (Å²) in [6.45, 7) is 8.97. The molecule has 0 bridgehead atoms. The quantitative estimate of drug-likeness (QED) is 0.644. The van der Waals surface area contributed by atoms with Crippen LogP contribution in [-0.4, -0.2) is 22.6 Å². The van der Waals surface area contributed by atoms with Crippen molar-refractivity contribution in [3.8, 4) is 0 Å². The van der Waals surface area contributed by atoms with Crippen LogP contribution in [0.3, 0.4) is 0 Å². The molecule has 0 aromatic heterocycles. The Morgan fingerprint density at radius 1 is 1.29 bits per heavy atom. The van der Waals surface area contributed by atoms with Gasteiger partial charge in [-0.25, -0.2) is 0 Å². The maximum atomic E-state index is 11.9. The second-order valence-corrected chi connectivity index (χ2v) is 5.91. The molecule has 0 radical (unpaired) electrons. The summed E-state index contributed by atoms with van der Waals surface area (Å²) < 4.78 is 5.21. The number of hydrogen-bond donors (Lipinski definition) is 1. The maximum Gasteiger partial charge on any atom is 0.308 e. The fourth-order valence-corrected chi connectivity index (χ4v) is 2.14. The molecule has 1 aromatic carbocycles. The van der Waals surface area contributed by atoms with Crippen LogP contribution in [0.5, 0.6) is 0 Å². The highest BCUT2D eigenvalue weighted by atomic mass is 16.6. The number of benzene rings is 1. The van der Waals surface area contributed by atoms with Crippen LogP contribution in [0.25, 0.3) is 0 Å². The van der Waals surface area contributed by atoms with Gasteiger partial charge in [0.15, 0.2) is 0 Å². The van der Waals surface area contributed by atoms with Crippen molar-refractivity contribution < 1.29 is 19.4 Å². The zero-order valence-electron chi connectivity index (χ0n) is 12.7. The SMILES string of the molecule is C=C[C@@H](c1ccccc1)[C@@H](CC(=O)OC(C)(C)C)C(=O)O. The van der Waals surface area contributed by atoms with Crippen molar-refractivity contribution >= 4 is 11.9 Å². The third kappa shape index (κ3) is 5.42. The molecule has 1 N–H and O–H groups in total. The van der Waals surface area contributed by atoms with Crippen LogP contribution in [0.15, 0.2) is 43.0 Å². The Morgan fingerprint density at radius 2 is 1.86 bits per heavy atom. The second-order valence-electron chi connectivity index (χ2n) is 5.91. The van der Waals surface area contributed by atoms with Gasteiger partial charge in [0.25, 0.3) is 0 Å². The van der Waals surface area contributed by atoms with E-state index < -0.39 is 29.4 Å². The first-order valence-corrected chi connectivity index (χ1v) is 6.86. The minimum Gasteiger partial charge on any atom is -0.481 e. The molecule has 4 heteroatoms. The predicted molar refractivity (Wildman–Crippen MR) is 81.0 cm³/mol. The molecule has 0 aliphatic heterocycles. The Labute approximate surface area is 125 Å². The van der Waals surface area contributed by atoms with Crippen LogP contribution in [-0.2, 0) is 14.3 Å². The summed E-state index contributed by atoms with van der Waals surface area (Å²) in [5.74, 6) is -2.87. The highest BCUT2D eigenvalue weighted by molar-refractivity contribution is 5.80.